The normalized spacial score (nSPS) is 14.7. The van der Waals surface area contributed by atoms with E-state index in [1.165, 1.54) is 12.1 Å². The molecule has 0 saturated carbocycles. The standard InChI is InChI=1S/C17H23N5O3S/c1-2-8-22-13-18-20-16(22)12-19-26(24,25)15-7-5-6-14(11-15)17(23)21-9-3-4-10-21/h5-7,11,13,19H,2-4,8-10,12H2,1H3. The predicted molar refractivity (Wildman–Crippen MR) is 95.9 cm³/mol. The smallest absolute Gasteiger partial charge is 0.253 e. The highest BCUT2D eigenvalue weighted by Gasteiger charge is 2.22. The lowest BCUT2D eigenvalue weighted by molar-refractivity contribution is 0.0792. The van der Waals surface area contributed by atoms with Gasteiger partial charge in [-0.05, 0) is 37.5 Å². The monoisotopic (exact) mass is 377 g/mol. The molecule has 1 saturated heterocycles. The van der Waals surface area contributed by atoms with Gasteiger partial charge < -0.3 is 9.47 Å². The minimum absolute atomic E-state index is 0.0482. The van der Waals surface area contributed by atoms with Gasteiger partial charge in [0.25, 0.3) is 5.91 Å². The predicted octanol–water partition coefficient (Wildman–Crippen LogP) is 1.40. The lowest BCUT2D eigenvalue weighted by atomic mass is 10.2. The van der Waals surface area contributed by atoms with Crippen LogP contribution in [0.5, 0.6) is 0 Å². The SMILES string of the molecule is CCCn1cnnc1CNS(=O)(=O)c1cccc(C(=O)N2CCCC2)c1. The van der Waals surface area contributed by atoms with Crippen molar-refractivity contribution in [2.75, 3.05) is 13.1 Å². The molecule has 0 radical (unpaired) electrons. The third kappa shape index (κ3) is 4.10. The van der Waals surface area contributed by atoms with Crippen molar-refractivity contribution in [2.45, 2.75) is 44.2 Å². The topological polar surface area (TPSA) is 97.2 Å². The van der Waals surface area contributed by atoms with E-state index in [0.717, 1.165) is 38.9 Å². The molecule has 0 aliphatic carbocycles. The van der Waals surface area contributed by atoms with Gasteiger partial charge in [0.15, 0.2) is 0 Å². The number of aryl methyl sites for hydroxylation is 1. The number of hydrogen-bond donors (Lipinski definition) is 1. The average molecular weight is 377 g/mol. The van der Waals surface area contributed by atoms with E-state index >= 15 is 0 Å². The zero-order valence-corrected chi connectivity index (χ0v) is 15.6. The van der Waals surface area contributed by atoms with Crippen LogP contribution < -0.4 is 4.72 Å². The van der Waals surface area contributed by atoms with Crippen LogP contribution in [-0.4, -0.2) is 47.1 Å². The molecular formula is C17H23N5O3S. The number of carbonyl (C=O) groups excluding carboxylic acids is 1. The number of nitrogens with zero attached hydrogens (tertiary/aromatic N) is 4. The van der Waals surface area contributed by atoms with Crippen LogP contribution in [0.15, 0.2) is 35.5 Å². The second-order valence-corrected chi connectivity index (χ2v) is 8.06. The van der Waals surface area contributed by atoms with Crippen molar-refractivity contribution in [1.29, 1.82) is 0 Å². The van der Waals surface area contributed by atoms with Crippen LogP contribution in [-0.2, 0) is 23.1 Å². The largest absolute Gasteiger partial charge is 0.339 e. The number of aromatic nitrogens is 3. The summed E-state index contributed by atoms with van der Waals surface area (Å²) in [6.45, 7) is 4.25. The van der Waals surface area contributed by atoms with Crippen LogP contribution in [0, 0.1) is 0 Å². The van der Waals surface area contributed by atoms with Crippen molar-refractivity contribution in [3.8, 4) is 0 Å². The molecule has 0 unspecified atom stereocenters. The van der Waals surface area contributed by atoms with Crippen LogP contribution in [0.4, 0.5) is 0 Å². The van der Waals surface area contributed by atoms with Gasteiger partial charge in [-0.3, -0.25) is 4.79 Å². The molecule has 2 heterocycles. The van der Waals surface area contributed by atoms with E-state index < -0.39 is 10.0 Å². The molecule has 1 fully saturated rings. The van der Waals surface area contributed by atoms with E-state index in [9.17, 15) is 13.2 Å². The maximum atomic E-state index is 12.6. The van der Waals surface area contributed by atoms with Crippen LogP contribution in [0.3, 0.4) is 0 Å². The van der Waals surface area contributed by atoms with Gasteiger partial charge in [0.2, 0.25) is 10.0 Å². The maximum absolute atomic E-state index is 12.6. The summed E-state index contributed by atoms with van der Waals surface area (Å²) in [5.74, 6) is 0.432. The molecule has 8 nitrogen and oxygen atoms in total. The fourth-order valence-corrected chi connectivity index (χ4v) is 4.01. The third-order valence-electron chi connectivity index (χ3n) is 4.37. The summed E-state index contributed by atoms with van der Waals surface area (Å²) in [5, 5.41) is 7.78. The van der Waals surface area contributed by atoms with E-state index in [4.69, 9.17) is 0 Å². The van der Waals surface area contributed by atoms with Gasteiger partial charge >= 0.3 is 0 Å². The highest BCUT2D eigenvalue weighted by Crippen LogP contribution is 2.16. The highest BCUT2D eigenvalue weighted by atomic mass is 32.2. The first kappa shape index (κ1) is 18.5. The summed E-state index contributed by atoms with van der Waals surface area (Å²) in [6.07, 6.45) is 4.47. The zero-order chi connectivity index (χ0) is 18.6. The van der Waals surface area contributed by atoms with Crippen molar-refractivity contribution in [2.24, 2.45) is 0 Å². The molecule has 0 atom stereocenters. The zero-order valence-electron chi connectivity index (χ0n) is 14.8. The molecule has 9 heteroatoms. The summed E-state index contributed by atoms with van der Waals surface area (Å²) < 4.78 is 29.5. The first-order valence-electron chi connectivity index (χ1n) is 8.77. The van der Waals surface area contributed by atoms with Crippen molar-refractivity contribution in [3.05, 3.63) is 42.0 Å². The summed E-state index contributed by atoms with van der Waals surface area (Å²) in [4.78, 5) is 14.3. The Kier molecular flexibility index (Phi) is 5.67. The summed E-state index contributed by atoms with van der Waals surface area (Å²) >= 11 is 0. The fraction of sp³-hybridized carbons (Fsp3) is 0.471. The molecule has 1 amide bonds. The van der Waals surface area contributed by atoms with Gasteiger partial charge in [0.05, 0.1) is 11.4 Å². The van der Waals surface area contributed by atoms with Crippen LogP contribution in [0.25, 0.3) is 0 Å². The minimum Gasteiger partial charge on any atom is -0.339 e. The Morgan fingerprint density at radius 3 is 2.77 bits per heavy atom. The molecule has 0 spiro atoms. The Morgan fingerprint density at radius 2 is 2.04 bits per heavy atom. The number of amides is 1. The van der Waals surface area contributed by atoms with Gasteiger partial charge in [-0.2, -0.15) is 0 Å². The van der Waals surface area contributed by atoms with E-state index in [2.05, 4.69) is 14.9 Å². The molecule has 1 N–H and O–H groups in total. The van der Waals surface area contributed by atoms with E-state index in [-0.39, 0.29) is 17.3 Å². The Bertz CT molecular complexity index is 872. The Balaban J connectivity index is 1.73. The summed E-state index contributed by atoms with van der Waals surface area (Å²) in [5.41, 5.74) is 0.393. The number of benzene rings is 1. The Hall–Kier alpha value is -2.26. The number of hydrogen-bond acceptors (Lipinski definition) is 5. The number of likely N-dealkylation sites (tertiary alicyclic amines) is 1. The molecule has 1 aromatic heterocycles. The molecule has 1 aliphatic rings. The Labute approximate surface area is 153 Å². The van der Waals surface area contributed by atoms with Gasteiger partial charge in [-0.1, -0.05) is 13.0 Å². The number of rotatable bonds is 7. The minimum atomic E-state index is -3.75. The number of carbonyl (C=O) groups is 1. The first-order valence-corrected chi connectivity index (χ1v) is 10.3. The van der Waals surface area contributed by atoms with Crippen LogP contribution in [0.1, 0.15) is 42.4 Å². The maximum Gasteiger partial charge on any atom is 0.253 e. The molecule has 3 rings (SSSR count). The number of nitrogens with one attached hydrogen (secondary N) is 1. The van der Waals surface area contributed by atoms with E-state index in [1.807, 2.05) is 11.5 Å². The highest BCUT2D eigenvalue weighted by molar-refractivity contribution is 7.89. The van der Waals surface area contributed by atoms with Crippen molar-refractivity contribution >= 4 is 15.9 Å². The molecule has 2 aromatic rings. The number of sulfonamides is 1. The van der Waals surface area contributed by atoms with Crippen molar-refractivity contribution in [1.82, 2.24) is 24.4 Å². The quantitative estimate of drug-likeness (QED) is 0.787. The van der Waals surface area contributed by atoms with Gasteiger partial charge in [0.1, 0.15) is 12.2 Å². The molecule has 0 bridgehead atoms. The first-order chi connectivity index (χ1) is 12.5. The molecule has 1 aromatic carbocycles. The van der Waals surface area contributed by atoms with Crippen LogP contribution >= 0.6 is 0 Å². The Morgan fingerprint density at radius 1 is 1.27 bits per heavy atom. The second kappa shape index (κ2) is 7.96. The molecule has 140 valence electrons. The third-order valence-corrected chi connectivity index (χ3v) is 5.76. The van der Waals surface area contributed by atoms with Gasteiger partial charge in [-0.15, -0.1) is 10.2 Å². The van der Waals surface area contributed by atoms with Gasteiger partial charge in [0, 0.05) is 25.2 Å². The van der Waals surface area contributed by atoms with Gasteiger partial charge in [-0.25, -0.2) is 13.1 Å². The molecular weight excluding hydrogens is 354 g/mol. The second-order valence-electron chi connectivity index (χ2n) is 6.29. The van der Waals surface area contributed by atoms with Crippen molar-refractivity contribution in [3.63, 3.8) is 0 Å². The summed E-state index contributed by atoms with van der Waals surface area (Å²) in [6, 6.07) is 6.16. The average Bonchev–Trinajstić information content (AvgIpc) is 3.32. The van der Waals surface area contributed by atoms with E-state index in [0.29, 0.717) is 11.4 Å². The lowest BCUT2D eigenvalue weighted by Crippen LogP contribution is -2.28. The van der Waals surface area contributed by atoms with Crippen LogP contribution in [0.2, 0.25) is 0 Å². The lowest BCUT2D eigenvalue weighted by Gasteiger charge is -2.15. The summed E-state index contributed by atoms with van der Waals surface area (Å²) in [7, 11) is -3.75. The fourth-order valence-electron chi connectivity index (χ4n) is 2.99. The van der Waals surface area contributed by atoms with Crippen molar-refractivity contribution < 1.29 is 13.2 Å². The van der Waals surface area contributed by atoms with E-state index in [1.54, 1.807) is 23.4 Å². The molecule has 1 aliphatic heterocycles. The molecule has 26 heavy (non-hydrogen) atoms.